The fourth-order valence-corrected chi connectivity index (χ4v) is 5.63. The minimum Gasteiger partial charge on any atom is -0.391 e. The summed E-state index contributed by atoms with van der Waals surface area (Å²) in [5.41, 5.74) is 6.63. The SMILES string of the molecule is Cc1cc(C)c(CNC(=O)c2cc(-c3cccc(C[N+](C)(C)CCO)c3)cc(NC3CCCC3)c2C=N)c(=O)[nH]1. The number of anilines is 1. The number of benzene rings is 2. The van der Waals surface area contributed by atoms with Crippen LogP contribution in [0.2, 0.25) is 0 Å². The third-order valence-corrected chi connectivity index (χ3v) is 7.78. The molecule has 8 heteroatoms. The van der Waals surface area contributed by atoms with Crippen LogP contribution in [0.5, 0.6) is 0 Å². The second-order valence-electron chi connectivity index (χ2n) is 11.6. The van der Waals surface area contributed by atoms with Crippen LogP contribution in [0.4, 0.5) is 5.69 Å². The van der Waals surface area contributed by atoms with Gasteiger partial charge >= 0.3 is 0 Å². The number of H-pyrrole nitrogens is 1. The Hall–Kier alpha value is -3.75. The number of hydrogen-bond donors (Lipinski definition) is 5. The lowest BCUT2D eigenvalue weighted by atomic mass is 9.95. The number of nitrogens with one attached hydrogen (secondary N) is 4. The van der Waals surface area contributed by atoms with Crippen molar-refractivity contribution in [2.75, 3.05) is 32.6 Å². The number of aryl methyl sites for hydroxylation is 2. The molecule has 3 aromatic rings. The number of aliphatic hydroxyl groups is 1. The topological polar surface area (TPSA) is 118 Å². The summed E-state index contributed by atoms with van der Waals surface area (Å²) in [4.78, 5) is 28.9. The zero-order chi connectivity index (χ0) is 28.9. The highest BCUT2D eigenvalue weighted by molar-refractivity contribution is 6.06. The van der Waals surface area contributed by atoms with E-state index < -0.39 is 0 Å². The van der Waals surface area contributed by atoms with Crippen LogP contribution in [0.25, 0.3) is 11.1 Å². The summed E-state index contributed by atoms with van der Waals surface area (Å²) < 4.78 is 0.659. The Morgan fingerprint density at radius 2 is 1.88 bits per heavy atom. The maximum absolute atomic E-state index is 13.6. The zero-order valence-electron chi connectivity index (χ0n) is 24.1. The van der Waals surface area contributed by atoms with Gasteiger partial charge in [0, 0.05) is 46.9 Å². The van der Waals surface area contributed by atoms with Gasteiger partial charge in [0.25, 0.3) is 11.5 Å². The van der Waals surface area contributed by atoms with Crippen molar-refractivity contribution in [2.45, 2.75) is 58.7 Å². The Morgan fingerprint density at radius 3 is 2.55 bits per heavy atom. The van der Waals surface area contributed by atoms with Crippen LogP contribution in [0.1, 0.15) is 64.0 Å². The van der Waals surface area contributed by atoms with Crippen molar-refractivity contribution >= 4 is 17.8 Å². The first-order chi connectivity index (χ1) is 19.1. The number of carbonyl (C=O) groups is 1. The molecule has 1 aliphatic carbocycles. The van der Waals surface area contributed by atoms with E-state index in [1.165, 1.54) is 19.1 Å². The first-order valence-electron chi connectivity index (χ1n) is 14.0. The number of aliphatic hydroxyl groups excluding tert-OH is 1. The van der Waals surface area contributed by atoms with Crippen molar-refractivity contribution in [3.63, 3.8) is 0 Å². The van der Waals surface area contributed by atoms with Crippen molar-refractivity contribution < 1.29 is 14.4 Å². The molecular formula is C32H42N5O3+. The molecule has 1 heterocycles. The van der Waals surface area contributed by atoms with Crippen LogP contribution in [0.3, 0.4) is 0 Å². The van der Waals surface area contributed by atoms with E-state index in [0.717, 1.165) is 53.0 Å². The summed E-state index contributed by atoms with van der Waals surface area (Å²) in [7, 11) is 4.18. The molecule has 8 nitrogen and oxygen atoms in total. The summed E-state index contributed by atoms with van der Waals surface area (Å²) in [6.07, 6.45) is 5.70. The number of hydrogen-bond acceptors (Lipinski definition) is 5. The summed E-state index contributed by atoms with van der Waals surface area (Å²) in [6.45, 7) is 5.34. The van der Waals surface area contributed by atoms with Gasteiger partial charge in [0.2, 0.25) is 0 Å². The molecule has 1 saturated carbocycles. The van der Waals surface area contributed by atoms with Crippen LogP contribution in [-0.2, 0) is 13.1 Å². The minimum absolute atomic E-state index is 0.0979. The van der Waals surface area contributed by atoms with Gasteiger partial charge in [-0.15, -0.1) is 0 Å². The van der Waals surface area contributed by atoms with Gasteiger partial charge in [-0.25, -0.2) is 0 Å². The number of carbonyl (C=O) groups excluding carboxylic acids is 1. The van der Waals surface area contributed by atoms with Crippen molar-refractivity contribution in [1.82, 2.24) is 10.3 Å². The first-order valence-corrected chi connectivity index (χ1v) is 14.0. The van der Waals surface area contributed by atoms with Crippen molar-refractivity contribution in [3.8, 4) is 11.1 Å². The Balaban J connectivity index is 1.71. The minimum atomic E-state index is -0.328. The third kappa shape index (κ3) is 7.06. The predicted octanol–water partition coefficient (Wildman–Crippen LogP) is 4.51. The lowest BCUT2D eigenvalue weighted by molar-refractivity contribution is -0.903. The highest BCUT2D eigenvalue weighted by Gasteiger charge is 2.22. The Bertz CT molecular complexity index is 1440. The van der Waals surface area contributed by atoms with Crippen LogP contribution in [-0.4, -0.2) is 60.0 Å². The van der Waals surface area contributed by atoms with Crippen LogP contribution < -0.4 is 16.2 Å². The number of aromatic amines is 1. The van der Waals surface area contributed by atoms with Gasteiger partial charge in [0.1, 0.15) is 13.1 Å². The van der Waals surface area contributed by atoms with Crippen molar-refractivity contribution in [1.29, 1.82) is 5.41 Å². The third-order valence-electron chi connectivity index (χ3n) is 7.78. The van der Waals surface area contributed by atoms with Gasteiger partial charge in [-0.1, -0.05) is 31.0 Å². The van der Waals surface area contributed by atoms with Gasteiger partial charge in [-0.05, 0) is 67.6 Å². The van der Waals surface area contributed by atoms with E-state index in [1.807, 2.05) is 44.2 Å². The lowest BCUT2D eigenvalue weighted by Crippen LogP contribution is -2.41. The van der Waals surface area contributed by atoms with E-state index in [9.17, 15) is 14.7 Å². The largest absolute Gasteiger partial charge is 0.391 e. The zero-order valence-corrected chi connectivity index (χ0v) is 24.1. The van der Waals surface area contributed by atoms with Crippen LogP contribution in [0.15, 0.2) is 47.3 Å². The van der Waals surface area contributed by atoms with E-state index in [0.29, 0.717) is 33.8 Å². The van der Waals surface area contributed by atoms with Crippen molar-refractivity contribution in [3.05, 3.63) is 86.3 Å². The summed E-state index contributed by atoms with van der Waals surface area (Å²) in [6, 6.07) is 14.3. The molecule has 0 unspecified atom stereocenters. The predicted molar refractivity (Wildman–Crippen MR) is 161 cm³/mol. The molecule has 2 aromatic carbocycles. The van der Waals surface area contributed by atoms with Gasteiger partial charge < -0.3 is 30.6 Å². The standard InChI is InChI=1S/C32H41N5O3/c1-21-14-22(2)35-32(40)29(21)19-34-31(39)27-16-25(17-30(28(27)18-33)36-26-10-5-6-11-26)24-9-7-8-23(15-24)20-37(3,4)12-13-38/h7-9,14-18,26,38H,5-6,10-13,19-20H2,1-4H3,(H3-,33,34,35,36,39,40)/p+1. The smallest absolute Gasteiger partial charge is 0.253 e. The second kappa shape index (κ2) is 12.6. The van der Waals surface area contributed by atoms with Crippen LogP contribution in [0, 0.1) is 19.3 Å². The molecule has 0 saturated heterocycles. The lowest BCUT2D eigenvalue weighted by Gasteiger charge is -2.29. The average Bonchev–Trinajstić information content (AvgIpc) is 3.40. The maximum atomic E-state index is 13.6. The van der Waals surface area contributed by atoms with Gasteiger partial charge in [-0.3, -0.25) is 9.59 Å². The monoisotopic (exact) mass is 544 g/mol. The molecule has 1 fully saturated rings. The number of amides is 1. The fraction of sp³-hybridized carbons (Fsp3) is 0.406. The number of nitrogens with zero attached hydrogens (tertiary/aromatic N) is 1. The van der Waals surface area contributed by atoms with E-state index >= 15 is 0 Å². The number of rotatable bonds is 11. The molecule has 0 atom stereocenters. The molecule has 0 bridgehead atoms. The second-order valence-corrected chi connectivity index (χ2v) is 11.6. The van der Waals surface area contributed by atoms with E-state index in [-0.39, 0.29) is 24.6 Å². The molecule has 1 amide bonds. The highest BCUT2D eigenvalue weighted by atomic mass is 16.3. The van der Waals surface area contributed by atoms with Crippen molar-refractivity contribution in [2.24, 2.45) is 0 Å². The van der Waals surface area contributed by atoms with Gasteiger partial charge in [0.15, 0.2) is 0 Å². The summed E-state index contributed by atoms with van der Waals surface area (Å²) in [5, 5.41) is 24.2. The molecular weight excluding hydrogens is 502 g/mol. The summed E-state index contributed by atoms with van der Waals surface area (Å²) >= 11 is 0. The Kier molecular flexibility index (Phi) is 9.22. The Labute approximate surface area is 236 Å². The molecule has 4 rings (SSSR count). The van der Waals surface area contributed by atoms with E-state index in [2.05, 4.69) is 41.8 Å². The maximum Gasteiger partial charge on any atom is 0.253 e. The number of likely N-dealkylation sites (N-methyl/N-ethyl adjacent to an activating group) is 1. The molecule has 1 aromatic heterocycles. The summed E-state index contributed by atoms with van der Waals surface area (Å²) in [5.74, 6) is -0.328. The number of pyridine rings is 1. The average molecular weight is 545 g/mol. The molecule has 0 spiro atoms. The van der Waals surface area contributed by atoms with Crippen LogP contribution >= 0.6 is 0 Å². The molecule has 5 N–H and O–H groups in total. The van der Waals surface area contributed by atoms with Gasteiger partial charge in [-0.2, -0.15) is 0 Å². The quantitative estimate of drug-likeness (QED) is 0.180. The van der Waals surface area contributed by atoms with E-state index in [4.69, 9.17) is 5.41 Å². The molecule has 0 radical (unpaired) electrons. The molecule has 1 aliphatic rings. The molecule has 40 heavy (non-hydrogen) atoms. The normalized spacial score (nSPS) is 13.8. The fourth-order valence-electron chi connectivity index (χ4n) is 5.63. The van der Waals surface area contributed by atoms with Gasteiger partial charge in [0.05, 0.1) is 26.3 Å². The first kappa shape index (κ1) is 29.2. The molecule has 0 aliphatic heterocycles. The number of aromatic nitrogens is 1. The Morgan fingerprint density at radius 1 is 1.12 bits per heavy atom. The van der Waals surface area contributed by atoms with E-state index in [1.54, 1.807) is 0 Å². The highest BCUT2D eigenvalue weighted by Crippen LogP contribution is 2.32. The molecule has 212 valence electrons. The number of quaternary nitrogens is 1.